The van der Waals surface area contributed by atoms with Crippen LogP contribution in [-0.2, 0) is 0 Å². The second kappa shape index (κ2) is 5.44. The molecule has 0 saturated carbocycles. The van der Waals surface area contributed by atoms with E-state index in [4.69, 9.17) is 0 Å². The molecular weight excluding hydrogens is 290 g/mol. The zero-order valence-corrected chi connectivity index (χ0v) is 11.0. The minimum Gasteiger partial charge on any atom is -0.317 e. The van der Waals surface area contributed by atoms with Crippen LogP contribution < -0.4 is 11.0 Å². The van der Waals surface area contributed by atoms with Crippen LogP contribution in [0.15, 0.2) is 40.5 Å². The molecule has 2 heterocycles. The summed E-state index contributed by atoms with van der Waals surface area (Å²) in [6.07, 6.45) is 2.65. The van der Waals surface area contributed by atoms with Gasteiger partial charge in [-0.1, -0.05) is 12.1 Å². The molecule has 22 heavy (non-hydrogen) atoms. The van der Waals surface area contributed by atoms with Crippen LogP contribution in [-0.4, -0.2) is 31.1 Å². The summed E-state index contributed by atoms with van der Waals surface area (Å²) >= 11 is 0. The van der Waals surface area contributed by atoms with Crippen molar-refractivity contribution in [2.75, 3.05) is 5.43 Å². The molecule has 0 fully saturated rings. The van der Waals surface area contributed by atoms with Crippen LogP contribution in [0.3, 0.4) is 0 Å². The highest BCUT2D eigenvalue weighted by atomic mass is 16.6. The number of nitrogens with one attached hydrogen (secondary N) is 3. The van der Waals surface area contributed by atoms with Crippen molar-refractivity contribution >= 4 is 29.0 Å². The van der Waals surface area contributed by atoms with Crippen molar-refractivity contribution in [3.63, 3.8) is 0 Å². The fourth-order valence-corrected chi connectivity index (χ4v) is 1.78. The smallest absolute Gasteiger partial charge is 0.276 e. The number of benzene rings is 1. The van der Waals surface area contributed by atoms with Gasteiger partial charge in [0.1, 0.15) is 0 Å². The number of aromatic nitrogens is 4. The first-order valence-electron chi connectivity index (χ1n) is 6.10. The van der Waals surface area contributed by atoms with E-state index in [0.29, 0.717) is 5.56 Å². The van der Waals surface area contributed by atoms with E-state index in [2.05, 4.69) is 30.5 Å². The van der Waals surface area contributed by atoms with Gasteiger partial charge in [-0.3, -0.25) is 14.9 Å². The first-order chi connectivity index (χ1) is 10.6. The fraction of sp³-hybridized carbons (Fsp3) is 0. The Balaban J connectivity index is 1.78. The molecule has 3 aromatic rings. The van der Waals surface area contributed by atoms with Crippen molar-refractivity contribution in [1.82, 2.24) is 19.9 Å². The summed E-state index contributed by atoms with van der Waals surface area (Å²) in [7, 11) is 0. The third kappa shape index (κ3) is 2.65. The lowest BCUT2D eigenvalue weighted by molar-refractivity contribution is -0.384. The number of imidazole rings is 1. The SMILES string of the molecule is O=c1[nH]cnc2nc(N/N=C/c3cccc([N+](=O)[O-])c3)[nH]c12. The summed E-state index contributed by atoms with van der Waals surface area (Å²) in [6.45, 7) is 0. The third-order valence-electron chi connectivity index (χ3n) is 2.76. The molecule has 2 aromatic heterocycles. The summed E-state index contributed by atoms with van der Waals surface area (Å²) in [6, 6.07) is 6.01. The number of H-pyrrole nitrogens is 2. The standard InChI is InChI=1S/C12H9N7O3/c20-11-9-10(13-6-14-11)17-12(16-9)18-15-5-7-2-1-3-8(4-7)19(21)22/h1-6H,(H3,13,14,16,17,18,20)/b15-5+. The van der Waals surface area contributed by atoms with Gasteiger partial charge in [-0.25, -0.2) is 10.4 Å². The topological polar surface area (TPSA) is 142 Å². The minimum absolute atomic E-state index is 0.0246. The Morgan fingerprint density at radius 1 is 1.41 bits per heavy atom. The van der Waals surface area contributed by atoms with Gasteiger partial charge in [-0.15, -0.1) is 0 Å². The largest absolute Gasteiger partial charge is 0.317 e. The molecule has 0 aliphatic heterocycles. The number of nitro groups is 1. The van der Waals surface area contributed by atoms with Gasteiger partial charge in [-0.05, 0) is 0 Å². The molecule has 0 radical (unpaired) electrons. The maximum Gasteiger partial charge on any atom is 0.276 e. The van der Waals surface area contributed by atoms with Gasteiger partial charge in [-0.2, -0.15) is 10.1 Å². The van der Waals surface area contributed by atoms with E-state index < -0.39 is 4.92 Å². The summed E-state index contributed by atoms with van der Waals surface area (Å²) in [5.74, 6) is 0.237. The van der Waals surface area contributed by atoms with Crippen LogP contribution in [0.4, 0.5) is 11.6 Å². The fourth-order valence-electron chi connectivity index (χ4n) is 1.78. The molecule has 110 valence electrons. The molecule has 10 heteroatoms. The monoisotopic (exact) mass is 299 g/mol. The number of rotatable bonds is 4. The first-order valence-corrected chi connectivity index (χ1v) is 6.10. The Kier molecular flexibility index (Phi) is 3.32. The van der Waals surface area contributed by atoms with Crippen LogP contribution in [0.25, 0.3) is 11.2 Å². The number of anilines is 1. The molecule has 0 amide bonds. The first kappa shape index (κ1) is 13.4. The molecular formula is C12H9N7O3. The van der Waals surface area contributed by atoms with E-state index in [1.807, 2.05) is 0 Å². The number of hydrogen-bond acceptors (Lipinski definition) is 7. The predicted molar refractivity (Wildman–Crippen MR) is 78.8 cm³/mol. The number of aromatic amines is 2. The van der Waals surface area contributed by atoms with Crippen molar-refractivity contribution in [1.29, 1.82) is 0 Å². The van der Waals surface area contributed by atoms with Crippen LogP contribution in [0.5, 0.6) is 0 Å². The van der Waals surface area contributed by atoms with Crippen LogP contribution in [0, 0.1) is 10.1 Å². The highest BCUT2D eigenvalue weighted by Crippen LogP contribution is 2.12. The second-order valence-electron chi connectivity index (χ2n) is 4.24. The number of hydrazone groups is 1. The number of hydrogen-bond donors (Lipinski definition) is 3. The number of fused-ring (bicyclic) bond motifs is 1. The molecule has 0 aliphatic rings. The van der Waals surface area contributed by atoms with Crippen molar-refractivity contribution < 1.29 is 4.92 Å². The van der Waals surface area contributed by atoms with E-state index in [9.17, 15) is 14.9 Å². The molecule has 0 bridgehead atoms. The van der Waals surface area contributed by atoms with E-state index in [1.165, 1.54) is 24.7 Å². The van der Waals surface area contributed by atoms with Crippen molar-refractivity contribution in [2.24, 2.45) is 5.10 Å². The van der Waals surface area contributed by atoms with Crippen LogP contribution >= 0.6 is 0 Å². The van der Waals surface area contributed by atoms with Crippen molar-refractivity contribution in [3.05, 3.63) is 56.6 Å². The highest BCUT2D eigenvalue weighted by molar-refractivity contribution is 5.81. The normalized spacial score (nSPS) is 11.1. The van der Waals surface area contributed by atoms with E-state index in [-0.39, 0.29) is 28.4 Å². The molecule has 0 saturated heterocycles. The van der Waals surface area contributed by atoms with Gasteiger partial charge < -0.3 is 9.97 Å². The van der Waals surface area contributed by atoms with Gasteiger partial charge in [0.25, 0.3) is 11.2 Å². The lowest BCUT2D eigenvalue weighted by Gasteiger charge is -1.95. The van der Waals surface area contributed by atoms with Gasteiger partial charge in [0.05, 0.1) is 17.5 Å². The average molecular weight is 299 g/mol. The zero-order valence-electron chi connectivity index (χ0n) is 11.0. The predicted octanol–water partition coefficient (Wildman–Crippen LogP) is 1.00. The Labute approximate surface area is 122 Å². The molecule has 3 rings (SSSR count). The molecule has 0 spiro atoms. The lowest BCUT2D eigenvalue weighted by Crippen LogP contribution is -2.05. The van der Waals surface area contributed by atoms with Crippen LogP contribution in [0.2, 0.25) is 0 Å². The Morgan fingerprint density at radius 2 is 2.27 bits per heavy atom. The van der Waals surface area contributed by atoms with Crippen molar-refractivity contribution in [2.45, 2.75) is 0 Å². The molecule has 10 nitrogen and oxygen atoms in total. The van der Waals surface area contributed by atoms with Gasteiger partial charge in [0.2, 0.25) is 5.95 Å². The quantitative estimate of drug-likeness (QED) is 0.372. The highest BCUT2D eigenvalue weighted by Gasteiger charge is 2.06. The lowest BCUT2D eigenvalue weighted by atomic mass is 10.2. The number of nitrogens with zero attached hydrogens (tertiary/aromatic N) is 4. The summed E-state index contributed by atoms with van der Waals surface area (Å²) in [5.41, 5.74) is 3.28. The van der Waals surface area contributed by atoms with E-state index >= 15 is 0 Å². The zero-order chi connectivity index (χ0) is 15.5. The minimum atomic E-state index is -0.484. The van der Waals surface area contributed by atoms with Crippen molar-refractivity contribution in [3.8, 4) is 0 Å². The van der Waals surface area contributed by atoms with E-state index in [0.717, 1.165) is 0 Å². The average Bonchev–Trinajstić information content (AvgIpc) is 2.92. The maximum absolute atomic E-state index is 11.5. The van der Waals surface area contributed by atoms with Crippen LogP contribution in [0.1, 0.15) is 5.56 Å². The molecule has 0 atom stereocenters. The van der Waals surface area contributed by atoms with Gasteiger partial charge in [0.15, 0.2) is 11.2 Å². The maximum atomic E-state index is 11.5. The summed E-state index contributed by atoms with van der Waals surface area (Å²) < 4.78 is 0. The van der Waals surface area contributed by atoms with Gasteiger partial charge in [0, 0.05) is 17.7 Å². The molecule has 3 N–H and O–H groups in total. The second-order valence-corrected chi connectivity index (χ2v) is 4.24. The van der Waals surface area contributed by atoms with Gasteiger partial charge >= 0.3 is 0 Å². The molecule has 1 aromatic carbocycles. The summed E-state index contributed by atoms with van der Waals surface area (Å²) in [4.78, 5) is 34.8. The Morgan fingerprint density at radius 3 is 3.05 bits per heavy atom. The molecule has 0 aliphatic carbocycles. The molecule has 0 unspecified atom stereocenters. The number of nitro benzene ring substituents is 1. The Hall–Kier alpha value is -3.56. The third-order valence-corrected chi connectivity index (χ3v) is 2.76. The Bertz CT molecular complexity index is 928. The van der Waals surface area contributed by atoms with E-state index in [1.54, 1.807) is 12.1 Å². The summed E-state index contributed by atoms with van der Waals surface area (Å²) in [5, 5.41) is 14.6. The number of non-ortho nitro benzene ring substituents is 1.